The van der Waals surface area contributed by atoms with E-state index in [1.807, 2.05) is 24.3 Å². The van der Waals surface area contributed by atoms with Crippen molar-refractivity contribution in [1.29, 1.82) is 0 Å². The van der Waals surface area contributed by atoms with Gasteiger partial charge in [0.2, 0.25) is 0 Å². The number of amides is 1. The Morgan fingerprint density at radius 2 is 1.70 bits per heavy atom. The van der Waals surface area contributed by atoms with E-state index in [4.69, 9.17) is 4.98 Å². The van der Waals surface area contributed by atoms with Crippen LogP contribution in [0.4, 0.5) is 4.39 Å². The first-order chi connectivity index (χ1) is 14.5. The maximum Gasteiger partial charge on any atom is 0.254 e. The third-order valence-electron chi connectivity index (χ3n) is 5.25. The quantitative estimate of drug-likeness (QED) is 0.478. The van der Waals surface area contributed by atoms with Crippen LogP contribution in [0.1, 0.15) is 47.1 Å². The number of fused-ring (bicyclic) bond motifs is 1. The highest BCUT2D eigenvalue weighted by Gasteiger charge is 2.15. The Morgan fingerprint density at radius 3 is 2.43 bits per heavy atom. The second-order valence-corrected chi connectivity index (χ2v) is 7.66. The molecule has 0 aliphatic rings. The van der Waals surface area contributed by atoms with Crippen molar-refractivity contribution in [3.8, 4) is 0 Å². The summed E-state index contributed by atoms with van der Waals surface area (Å²) < 4.78 is 16.0. The van der Waals surface area contributed by atoms with Gasteiger partial charge in [-0.3, -0.25) is 4.79 Å². The number of carbonyl (C=O) groups excluding carboxylic acids is 1. The Balaban J connectivity index is 1.60. The topological polar surface area (TPSA) is 46.9 Å². The summed E-state index contributed by atoms with van der Waals surface area (Å²) >= 11 is 0. The Bertz CT molecular complexity index is 1180. The highest BCUT2D eigenvalue weighted by molar-refractivity contribution is 5.94. The van der Waals surface area contributed by atoms with Crippen molar-refractivity contribution in [2.24, 2.45) is 0 Å². The fourth-order valence-corrected chi connectivity index (χ4v) is 3.53. The van der Waals surface area contributed by atoms with Gasteiger partial charge in [-0.05, 0) is 41.3 Å². The average Bonchev–Trinajstić information content (AvgIpc) is 3.10. The molecule has 1 amide bonds. The highest BCUT2D eigenvalue weighted by Crippen LogP contribution is 2.20. The summed E-state index contributed by atoms with van der Waals surface area (Å²) in [6.07, 6.45) is 0. The molecule has 1 N–H and O–H groups in total. The van der Waals surface area contributed by atoms with Crippen molar-refractivity contribution in [2.75, 3.05) is 0 Å². The van der Waals surface area contributed by atoms with Crippen LogP contribution in [0.5, 0.6) is 0 Å². The fraction of sp³-hybridized carbons (Fsp3) is 0.200. The van der Waals surface area contributed by atoms with E-state index >= 15 is 0 Å². The van der Waals surface area contributed by atoms with E-state index in [-0.39, 0.29) is 12.1 Å². The molecular weight excluding hydrogens is 377 g/mol. The van der Waals surface area contributed by atoms with E-state index in [0.29, 0.717) is 12.5 Å². The molecule has 4 aromatic rings. The first kappa shape index (κ1) is 19.8. The Labute approximate surface area is 175 Å². The lowest BCUT2D eigenvalue weighted by molar-refractivity contribution is 0.0945. The van der Waals surface area contributed by atoms with Gasteiger partial charge >= 0.3 is 0 Å². The molecule has 152 valence electrons. The van der Waals surface area contributed by atoms with Crippen LogP contribution in [0.15, 0.2) is 72.8 Å². The number of benzene rings is 3. The van der Waals surface area contributed by atoms with Gasteiger partial charge in [0.05, 0.1) is 23.1 Å². The third kappa shape index (κ3) is 4.10. The molecule has 0 saturated heterocycles. The number of imidazole rings is 1. The number of hydrogen-bond acceptors (Lipinski definition) is 2. The van der Waals surface area contributed by atoms with Crippen LogP contribution in [-0.4, -0.2) is 15.5 Å². The molecule has 0 spiro atoms. The summed E-state index contributed by atoms with van der Waals surface area (Å²) in [7, 11) is 0. The minimum atomic E-state index is -0.534. The zero-order chi connectivity index (χ0) is 21.1. The standard InChI is InChI=1S/C25H24FN3O/c1-17(2)19-13-11-18(12-14-19)16-29-23-10-6-5-9-22(23)28-24(29)15-27-25(30)20-7-3-4-8-21(20)26/h3-14,17H,15-16H2,1-2H3,(H,27,30). The van der Waals surface area contributed by atoms with Crippen LogP contribution in [0, 0.1) is 5.82 Å². The molecule has 3 aromatic carbocycles. The zero-order valence-electron chi connectivity index (χ0n) is 17.1. The lowest BCUT2D eigenvalue weighted by Crippen LogP contribution is -2.25. The number of halogens is 1. The lowest BCUT2D eigenvalue weighted by atomic mass is 10.0. The SMILES string of the molecule is CC(C)c1ccc(Cn2c(CNC(=O)c3ccccc3F)nc3ccccc32)cc1. The van der Waals surface area contributed by atoms with Gasteiger partial charge in [-0.1, -0.05) is 62.4 Å². The number of carbonyl (C=O) groups is 1. The van der Waals surface area contributed by atoms with Crippen molar-refractivity contribution >= 4 is 16.9 Å². The summed E-state index contributed by atoms with van der Waals surface area (Å²) in [6.45, 7) is 5.21. The lowest BCUT2D eigenvalue weighted by Gasteiger charge is -2.12. The summed E-state index contributed by atoms with van der Waals surface area (Å²) in [5.41, 5.74) is 4.35. The number of hydrogen-bond donors (Lipinski definition) is 1. The molecule has 0 saturated carbocycles. The van der Waals surface area contributed by atoms with Gasteiger partial charge < -0.3 is 9.88 Å². The van der Waals surface area contributed by atoms with Crippen LogP contribution in [-0.2, 0) is 13.1 Å². The second-order valence-electron chi connectivity index (χ2n) is 7.66. The highest BCUT2D eigenvalue weighted by atomic mass is 19.1. The number of aromatic nitrogens is 2. The van der Waals surface area contributed by atoms with E-state index in [2.05, 4.69) is 48.0 Å². The number of rotatable bonds is 6. The van der Waals surface area contributed by atoms with Gasteiger partial charge in [0, 0.05) is 6.54 Å². The minimum Gasteiger partial charge on any atom is -0.345 e. The minimum absolute atomic E-state index is 0.0319. The Morgan fingerprint density at radius 1 is 1.00 bits per heavy atom. The van der Waals surface area contributed by atoms with Crippen LogP contribution in [0.25, 0.3) is 11.0 Å². The zero-order valence-corrected chi connectivity index (χ0v) is 17.1. The van der Waals surface area contributed by atoms with Crippen molar-refractivity contribution in [2.45, 2.75) is 32.9 Å². The van der Waals surface area contributed by atoms with Crippen LogP contribution < -0.4 is 5.32 Å². The summed E-state index contributed by atoms with van der Waals surface area (Å²) in [6, 6.07) is 22.4. The molecule has 0 unspecified atom stereocenters. The molecule has 30 heavy (non-hydrogen) atoms. The number of para-hydroxylation sites is 2. The van der Waals surface area contributed by atoms with Gasteiger partial charge in [0.25, 0.3) is 5.91 Å². The molecule has 5 heteroatoms. The fourth-order valence-electron chi connectivity index (χ4n) is 3.53. The number of nitrogens with zero attached hydrogens (tertiary/aromatic N) is 2. The van der Waals surface area contributed by atoms with E-state index in [1.165, 1.54) is 17.7 Å². The average molecular weight is 401 g/mol. The predicted octanol–water partition coefficient (Wildman–Crippen LogP) is 5.28. The van der Waals surface area contributed by atoms with Gasteiger partial charge in [-0.2, -0.15) is 0 Å². The number of nitrogens with one attached hydrogen (secondary N) is 1. The Kier molecular flexibility index (Phi) is 5.61. The molecule has 4 nitrogen and oxygen atoms in total. The monoisotopic (exact) mass is 401 g/mol. The molecule has 0 bridgehead atoms. The second kappa shape index (κ2) is 8.49. The maximum absolute atomic E-state index is 13.9. The molecule has 0 radical (unpaired) electrons. The van der Waals surface area contributed by atoms with Crippen LogP contribution >= 0.6 is 0 Å². The molecule has 0 fully saturated rings. The van der Waals surface area contributed by atoms with Crippen molar-refractivity contribution in [1.82, 2.24) is 14.9 Å². The molecule has 0 aliphatic heterocycles. The molecule has 1 heterocycles. The Hall–Kier alpha value is -3.47. The van der Waals surface area contributed by atoms with Gasteiger partial charge in [-0.25, -0.2) is 9.37 Å². The van der Waals surface area contributed by atoms with Crippen LogP contribution in [0.2, 0.25) is 0 Å². The van der Waals surface area contributed by atoms with Gasteiger partial charge in [-0.15, -0.1) is 0 Å². The third-order valence-corrected chi connectivity index (χ3v) is 5.25. The maximum atomic E-state index is 13.9. The largest absolute Gasteiger partial charge is 0.345 e. The molecule has 4 rings (SSSR count). The van der Waals surface area contributed by atoms with E-state index < -0.39 is 11.7 Å². The first-order valence-corrected chi connectivity index (χ1v) is 10.1. The molecular formula is C25H24FN3O. The van der Waals surface area contributed by atoms with Crippen molar-refractivity contribution in [3.05, 3.63) is 101 Å². The van der Waals surface area contributed by atoms with Crippen LogP contribution in [0.3, 0.4) is 0 Å². The smallest absolute Gasteiger partial charge is 0.254 e. The molecule has 0 aliphatic carbocycles. The molecule has 1 aromatic heterocycles. The first-order valence-electron chi connectivity index (χ1n) is 10.1. The normalized spacial score (nSPS) is 11.2. The van der Waals surface area contributed by atoms with Gasteiger partial charge in [0.1, 0.15) is 11.6 Å². The predicted molar refractivity (Wildman–Crippen MR) is 117 cm³/mol. The molecule has 0 atom stereocenters. The van der Waals surface area contributed by atoms with Crippen molar-refractivity contribution < 1.29 is 9.18 Å². The van der Waals surface area contributed by atoms with Gasteiger partial charge in [0.15, 0.2) is 0 Å². The van der Waals surface area contributed by atoms with E-state index in [1.54, 1.807) is 12.1 Å². The van der Waals surface area contributed by atoms with E-state index in [9.17, 15) is 9.18 Å². The summed E-state index contributed by atoms with van der Waals surface area (Å²) in [5, 5.41) is 2.80. The van der Waals surface area contributed by atoms with Crippen molar-refractivity contribution in [3.63, 3.8) is 0 Å². The summed E-state index contributed by atoms with van der Waals surface area (Å²) in [5.74, 6) is 0.229. The van der Waals surface area contributed by atoms with E-state index in [0.717, 1.165) is 22.4 Å². The summed E-state index contributed by atoms with van der Waals surface area (Å²) in [4.78, 5) is 17.1.